The second-order valence-electron chi connectivity index (χ2n) is 6.83. The summed E-state index contributed by atoms with van der Waals surface area (Å²) in [6.45, 7) is 2.08. The molecule has 0 spiro atoms. The van der Waals surface area contributed by atoms with Crippen LogP contribution in [-0.4, -0.2) is 9.97 Å². The van der Waals surface area contributed by atoms with Gasteiger partial charge in [0.1, 0.15) is 11.0 Å². The second-order valence-corrected chi connectivity index (χ2v) is 6.83. The lowest BCUT2D eigenvalue weighted by Crippen LogP contribution is -1.74. The van der Waals surface area contributed by atoms with E-state index in [0.717, 1.165) is 27.8 Å². The predicted molar refractivity (Wildman–Crippen MR) is 125 cm³/mol. The van der Waals surface area contributed by atoms with Gasteiger partial charge < -0.3 is 8.83 Å². The molecule has 6 aromatic rings. The van der Waals surface area contributed by atoms with Gasteiger partial charge in [-0.05, 0) is 43.3 Å². The van der Waals surface area contributed by atoms with Crippen LogP contribution in [0.3, 0.4) is 0 Å². The van der Waals surface area contributed by atoms with Crippen LogP contribution in [0.4, 0.5) is 0 Å². The average molecular weight is 406 g/mol. The molecule has 4 nitrogen and oxygen atoms in total. The zero-order chi connectivity index (χ0) is 21.3. The normalized spacial score (nSPS) is 10.1. The quantitative estimate of drug-likeness (QED) is 0.287. The number of aromatic nitrogens is 2. The molecule has 152 valence electrons. The molecule has 0 bridgehead atoms. The molecule has 0 saturated heterocycles. The van der Waals surface area contributed by atoms with Crippen molar-refractivity contribution in [2.75, 3.05) is 0 Å². The van der Waals surface area contributed by atoms with Crippen LogP contribution in [0, 0.1) is 6.92 Å². The maximum atomic E-state index is 5.64. The number of para-hydroxylation sites is 4. The summed E-state index contributed by atoms with van der Waals surface area (Å²) >= 11 is 0. The van der Waals surface area contributed by atoms with Crippen LogP contribution in [0.15, 0.2) is 124 Å². The Hall–Kier alpha value is -4.18. The van der Waals surface area contributed by atoms with Crippen molar-refractivity contribution in [3.05, 3.63) is 121 Å². The zero-order valence-electron chi connectivity index (χ0n) is 17.2. The number of hydrogen-bond donors (Lipinski definition) is 0. The summed E-state index contributed by atoms with van der Waals surface area (Å²) in [5.74, 6) is 0.678. The van der Waals surface area contributed by atoms with E-state index >= 15 is 0 Å². The molecule has 2 aromatic heterocycles. The molecule has 2 heterocycles. The number of nitrogens with zero attached hydrogens (tertiary/aromatic N) is 2. The minimum atomic E-state index is 0.678. The van der Waals surface area contributed by atoms with Crippen LogP contribution in [0.2, 0.25) is 0 Å². The summed E-state index contributed by atoms with van der Waals surface area (Å²) in [5.41, 5.74) is 5.82. The average Bonchev–Trinajstić information content (AvgIpc) is 3.48. The van der Waals surface area contributed by atoms with Gasteiger partial charge in [-0.2, -0.15) is 0 Å². The van der Waals surface area contributed by atoms with Crippen LogP contribution >= 0.6 is 0 Å². The third-order valence-electron chi connectivity index (χ3n) is 4.49. The molecular formula is C27H22N2O2. The standard InChI is InChI=1S/C13H9NO.C7H5NO.C7H8/c1-2-6-10(7-3-1)13-14-11-8-4-5-9-12(11)15-13;1-2-4-7-6(3-1)8-5-9-7;1-7-5-3-2-4-6-7/h1-9H;1-5H;2-6H,1H3. The van der Waals surface area contributed by atoms with Gasteiger partial charge in [-0.15, -0.1) is 0 Å². The minimum absolute atomic E-state index is 0.678. The fourth-order valence-electron chi connectivity index (χ4n) is 2.91. The van der Waals surface area contributed by atoms with Gasteiger partial charge in [-0.1, -0.05) is 78.4 Å². The van der Waals surface area contributed by atoms with Crippen LogP contribution in [0.1, 0.15) is 5.56 Å². The monoisotopic (exact) mass is 406 g/mol. The fourth-order valence-corrected chi connectivity index (χ4v) is 2.91. The maximum Gasteiger partial charge on any atom is 0.227 e. The molecule has 0 fully saturated rings. The Labute approximate surface area is 180 Å². The number of aryl methyl sites for hydroxylation is 1. The first-order valence-corrected chi connectivity index (χ1v) is 10.0. The molecule has 0 amide bonds. The van der Waals surface area contributed by atoms with Gasteiger partial charge in [-0.25, -0.2) is 9.97 Å². The molecule has 0 aliphatic heterocycles. The summed E-state index contributed by atoms with van der Waals surface area (Å²) in [5, 5.41) is 0. The van der Waals surface area contributed by atoms with Crippen molar-refractivity contribution in [1.82, 2.24) is 9.97 Å². The van der Waals surface area contributed by atoms with Gasteiger partial charge in [0.25, 0.3) is 0 Å². The fraction of sp³-hybridized carbons (Fsp3) is 0.0370. The van der Waals surface area contributed by atoms with Crippen LogP contribution < -0.4 is 0 Å². The van der Waals surface area contributed by atoms with Gasteiger partial charge in [0.05, 0.1) is 0 Å². The van der Waals surface area contributed by atoms with E-state index in [1.165, 1.54) is 12.0 Å². The highest BCUT2D eigenvalue weighted by atomic mass is 16.3. The molecule has 4 heteroatoms. The van der Waals surface area contributed by atoms with E-state index in [4.69, 9.17) is 8.83 Å². The first kappa shape index (κ1) is 20.1. The lowest BCUT2D eigenvalue weighted by atomic mass is 10.2. The van der Waals surface area contributed by atoms with E-state index in [-0.39, 0.29) is 0 Å². The Balaban J connectivity index is 0.000000123. The molecule has 6 rings (SSSR count). The Morgan fingerprint density at radius 3 is 1.77 bits per heavy atom. The Kier molecular flexibility index (Phi) is 6.51. The molecule has 0 unspecified atom stereocenters. The Morgan fingerprint density at radius 2 is 1.16 bits per heavy atom. The van der Waals surface area contributed by atoms with E-state index in [1.807, 2.05) is 97.1 Å². The highest BCUT2D eigenvalue weighted by Crippen LogP contribution is 2.23. The number of rotatable bonds is 1. The molecule has 0 saturated carbocycles. The van der Waals surface area contributed by atoms with Gasteiger partial charge >= 0.3 is 0 Å². The molecule has 0 radical (unpaired) electrons. The highest BCUT2D eigenvalue weighted by molar-refractivity contribution is 5.75. The highest BCUT2D eigenvalue weighted by Gasteiger charge is 2.05. The van der Waals surface area contributed by atoms with E-state index in [2.05, 4.69) is 29.0 Å². The molecule has 0 aliphatic rings. The summed E-state index contributed by atoms with van der Waals surface area (Å²) in [6.07, 6.45) is 1.45. The summed E-state index contributed by atoms with van der Waals surface area (Å²) in [6, 6.07) is 35.6. The summed E-state index contributed by atoms with van der Waals surface area (Å²) < 4.78 is 10.6. The van der Waals surface area contributed by atoms with Crippen molar-refractivity contribution >= 4 is 22.2 Å². The van der Waals surface area contributed by atoms with E-state index in [9.17, 15) is 0 Å². The lowest BCUT2D eigenvalue weighted by molar-refractivity contribution is 0.602. The van der Waals surface area contributed by atoms with Gasteiger partial charge in [-0.3, -0.25) is 0 Å². The van der Waals surface area contributed by atoms with Gasteiger partial charge in [0.2, 0.25) is 5.89 Å². The maximum absolute atomic E-state index is 5.64. The first-order valence-electron chi connectivity index (χ1n) is 10.0. The van der Waals surface area contributed by atoms with Crippen molar-refractivity contribution in [2.45, 2.75) is 6.92 Å². The van der Waals surface area contributed by atoms with Crippen LogP contribution in [-0.2, 0) is 0 Å². The van der Waals surface area contributed by atoms with E-state index in [1.54, 1.807) is 0 Å². The minimum Gasteiger partial charge on any atom is -0.443 e. The number of benzene rings is 4. The first-order chi connectivity index (χ1) is 15.3. The third-order valence-corrected chi connectivity index (χ3v) is 4.49. The zero-order valence-corrected chi connectivity index (χ0v) is 17.2. The van der Waals surface area contributed by atoms with E-state index < -0.39 is 0 Å². The van der Waals surface area contributed by atoms with Crippen molar-refractivity contribution in [1.29, 1.82) is 0 Å². The SMILES string of the molecule is Cc1ccccc1.c1ccc(-c2nc3ccccc3o2)cc1.c1ccc2ocnc2c1. The molecule has 0 N–H and O–H groups in total. The predicted octanol–water partition coefficient (Wildman–Crippen LogP) is 7.32. The van der Waals surface area contributed by atoms with Crippen LogP contribution in [0.25, 0.3) is 33.7 Å². The Morgan fingerprint density at radius 1 is 0.581 bits per heavy atom. The largest absolute Gasteiger partial charge is 0.443 e. The smallest absolute Gasteiger partial charge is 0.227 e. The molecule has 31 heavy (non-hydrogen) atoms. The summed E-state index contributed by atoms with van der Waals surface area (Å²) in [4.78, 5) is 8.37. The van der Waals surface area contributed by atoms with Gasteiger partial charge in [0.15, 0.2) is 17.6 Å². The van der Waals surface area contributed by atoms with Crippen molar-refractivity contribution < 1.29 is 8.83 Å². The number of fused-ring (bicyclic) bond motifs is 2. The van der Waals surface area contributed by atoms with E-state index in [0.29, 0.717) is 5.89 Å². The summed E-state index contributed by atoms with van der Waals surface area (Å²) in [7, 11) is 0. The van der Waals surface area contributed by atoms with Crippen molar-refractivity contribution in [3.8, 4) is 11.5 Å². The lowest BCUT2D eigenvalue weighted by Gasteiger charge is -1.91. The molecule has 0 atom stereocenters. The molecule has 4 aromatic carbocycles. The van der Waals surface area contributed by atoms with Gasteiger partial charge in [0, 0.05) is 5.56 Å². The molecule has 0 aliphatic carbocycles. The Bertz CT molecular complexity index is 1280. The topological polar surface area (TPSA) is 52.1 Å². The molecular weight excluding hydrogens is 384 g/mol. The third kappa shape index (κ3) is 5.46. The van der Waals surface area contributed by atoms with Crippen molar-refractivity contribution in [2.24, 2.45) is 0 Å². The number of oxazole rings is 2. The number of hydrogen-bond acceptors (Lipinski definition) is 4. The second kappa shape index (κ2) is 10.0. The van der Waals surface area contributed by atoms with Crippen molar-refractivity contribution in [3.63, 3.8) is 0 Å². The van der Waals surface area contributed by atoms with Crippen LogP contribution in [0.5, 0.6) is 0 Å².